The third kappa shape index (κ3) is 2.83. The molecule has 0 fully saturated rings. The Morgan fingerprint density at radius 2 is 1.58 bits per heavy atom. The smallest absolute Gasteiger partial charge is 0.419 e. The molecule has 19 heavy (non-hydrogen) atoms. The predicted octanol–water partition coefficient (Wildman–Crippen LogP) is -0.189. The van der Waals surface area contributed by atoms with Gasteiger partial charge in [0.25, 0.3) is 0 Å². The average molecular weight is 269 g/mol. The fourth-order valence-electron chi connectivity index (χ4n) is 1.91. The maximum Gasteiger partial charge on any atom is 0.419 e. The van der Waals surface area contributed by atoms with Crippen molar-refractivity contribution in [3.05, 3.63) is 11.1 Å². The molecule has 0 aromatic heterocycles. The van der Waals surface area contributed by atoms with Gasteiger partial charge >= 0.3 is 6.18 Å². The first-order chi connectivity index (χ1) is 8.79. The van der Waals surface area contributed by atoms with Crippen LogP contribution in [0.5, 0.6) is 11.5 Å². The van der Waals surface area contributed by atoms with Crippen molar-refractivity contribution in [2.75, 3.05) is 20.8 Å². The fraction of sp³-hybridized carbons (Fsp3) is 0.455. The van der Waals surface area contributed by atoms with Crippen molar-refractivity contribution in [3.63, 3.8) is 0 Å². The van der Waals surface area contributed by atoms with E-state index in [1.165, 1.54) is 7.11 Å². The summed E-state index contributed by atoms with van der Waals surface area (Å²) < 4.78 is 48.7. The second-order valence-corrected chi connectivity index (χ2v) is 3.78. The van der Waals surface area contributed by atoms with E-state index < -0.39 is 23.0 Å². The summed E-state index contributed by atoms with van der Waals surface area (Å²) in [5.74, 6) is -0.620. The first-order valence-electron chi connectivity index (χ1n) is 5.38. The SMILES string of the molecule is [B]c1c(CCN)c(OC)c([B])c(C(F)(F)F)c1OC. The van der Waals surface area contributed by atoms with E-state index in [0.717, 1.165) is 7.11 Å². The van der Waals surface area contributed by atoms with Gasteiger partial charge in [0.05, 0.1) is 19.8 Å². The number of methoxy groups -OCH3 is 2. The van der Waals surface area contributed by atoms with Gasteiger partial charge in [0.1, 0.15) is 27.2 Å². The first kappa shape index (κ1) is 15.8. The molecule has 2 N–H and O–H groups in total. The molecule has 4 radical (unpaired) electrons. The number of ether oxygens (including phenoxy) is 2. The van der Waals surface area contributed by atoms with Crippen LogP contribution in [0, 0.1) is 0 Å². The van der Waals surface area contributed by atoms with Gasteiger partial charge in [-0.05, 0) is 29.5 Å². The van der Waals surface area contributed by atoms with E-state index in [9.17, 15) is 13.2 Å². The maximum absolute atomic E-state index is 13.0. The molecule has 0 amide bonds. The van der Waals surface area contributed by atoms with Crippen LogP contribution in [-0.4, -0.2) is 36.5 Å². The Morgan fingerprint density at radius 3 is 1.95 bits per heavy atom. The number of alkyl halides is 3. The van der Waals surface area contributed by atoms with Crippen LogP contribution in [0.1, 0.15) is 11.1 Å². The monoisotopic (exact) mass is 269 g/mol. The highest BCUT2D eigenvalue weighted by atomic mass is 19.4. The molecule has 0 bridgehead atoms. The minimum Gasteiger partial charge on any atom is -0.497 e. The van der Waals surface area contributed by atoms with E-state index in [-0.39, 0.29) is 24.2 Å². The van der Waals surface area contributed by atoms with Crippen LogP contribution < -0.4 is 26.1 Å². The Bertz CT molecular complexity index is 478. The molecule has 0 aliphatic carbocycles. The first-order valence-corrected chi connectivity index (χ1v) is 5.38. The van der Waals surface area contributed by atoms with E-state index in [4.69, 9.17) is 30.9 Å². The van der Waals surface area contributed by atoms with E-state index in [1.54, 1.807) is 0 Å². The average Bonchev–Trinajstić information content (AvgIpc) is 2.31. The molecule has 0 saturated heterocycles. The van der Waals surface area contributed by atoms with Crippen LogP contribution in [0.25, 0.3) is 0 Å². The third-order valence-electron chi connectivity index (χ3n) is 2.67. The molecule has 0 spiro atoms. The number of benzene rings is 1. The van der Waals surface area contributed by atoms with Gasteiger partial charge in [-0.3, -0.25) is 0 Å². The van der Waals surface area contributed by atoms with Crippen molar-refractivity contribution in [1.29, 1.82) is 0 Å². The highest BCUT2D eigenvalue weighted by Crippen LogP contribution is 2.36. The number of halogens is 3. The molecule has 3 nitrogen and oxygen atoms in total. The van der Waals surface area contributed by atoms with Gasteiger partial charge in [-0.1, -0.05) is 0 Å². The summed E-state index contributed by atoms with van der Waals surface area (Å²) in [6.07, 6.45) is -4.47. The van der Waals surface area contributed by atoms with Crippen LogP contribution in [0.2, 0.25) is 0 Å². The van der Waals surface area contributed by atoms with Crippen molar-refractivity contribution in [3.8, 4) is 11.5 Å². The van der Waals surface area contributed by atoms with Crippen LogP contribution in [0.3, 0.4) is 0 Å². The van der Waals surface area contributed by atoms with Gasteiger partial charge in [0, 0.05) is 0 Å². The Kier molecular flexibility index (Phi) is 4.79. The van der Waals surface area contributed by atoms with E-state index in [2.05, 4.69) is 0 Å². The molecule has 0 aliphatic heterocycles. The van der Waals surface area contributed by atoms with Crippen molar-refractivity contribution >= 4 is 26.6 Å². The van der Waals surface area contributed by atoms with Gasteiger partial charge in [-0.15, -0.1) is 0 Å². The summed E-state index contributed by atoms with van der Waals surface area (Å²) in [7, 11) is 13.6. The summed E-state index contributed by atoms with van der Waals surface area (Å²) >= 11 is 0. The molecule has 0 atom stereocenters. The molecule has 0 aliphatic rings. The van der Waals surface area contributed by atoms with E-state index >= 15 is 0 Å². The summed E-state index contributed by atoms with van der Waals surface area (Å²) in [6.45, 7) is 0.189. The number of hydrogen-bond acceptors (Lipinski definition) is 3. The molecule has 1 aromatic rings. The Balaban J connectivity index is 3.72. The van der Waals surface area contributed by atoms with Crippen molar-refractivity contribution in [2.45, 2.75) is 12.6 Å². The molecule has 8 heteroatoms. The van der Waals surface area contributed by atoms with E-state index in [1.807, 2.05) is 0 Å². The lowest BCUT2D eigenvalue weighted by atomic mass is 9.77. The maximum atomic E-state index is 13.0. The highest BCUT2D eigenvalue weighted by Gasteiger charge is 2.38. The van der Waals surface area contributed by atoms with Gasteiger partial charge in [0.15, 0.2) is 0 Å². The summed E-state index contributed by atoms with van der Waals surface area (Å²) in [5, 5.41) is 0. The lowest BCUT2D eigenvalue weighted by Crippen LogP contribution is -2.31. The zero-order chi connectivity index (χ0) is 14.8. The zero-order valence-electron chi connectivity index (χ0n) is 10.6. The Labute approximate surface area is 112 Å². The van der Waals surface area contributed by atoms with Crippen LogP contribution in [-0.2, 0) is 12.6 Å². The van der Waals surface area contributed by atoms with Crippen molar-refractivity contribution in [1.82, 2.24) is 0 Å². The van der Waals surface area contributed by atoms with Crippen molar-refractivity contribution < 1.29 is 22.6 Å². The number of nitrogens with two attached hydrogens (primary N) is 1. The topological polar surface area (TPSA) is 44.5 Å². The zero-order valence-corrected chi connectivity index (χ0v) is 10.6. The minimum atomic E-state index is -4.70. The normalized spacial score (nSPS) is 11.5. The van der Waals surface area contributed by atoms with Crippen LogP contribution >= 0.6 is 0 Å². The van der Waals surface area contributed by atoms with E-state index in [0.29, 0.717) is 5.56 Å². The molecule has 0 heterocycles. The van der Waals surface area contributed by atoms with Crippen molar-refractivity contribution in [2.24, 2.45) is 5.73 Å². The largest absolute Gasteiger partial charge is 0.497 e. The predicted molar refractivity (Wildman–Crippen MR) is 68.1 cm³/mol. The van der Waals surface area contributed by atoms with Crippen LogP contribution in [0.15, 0.2) is 0 Å². The summed E-state index contributed by atoms with van der Waals surface area (Å²) in [4.78, 5) is 0. The number of hydrogen-bond donors (Lipinski definition) is 1. The highest BCUT2D eigenvalue weighted by molar-refractivity contribution is 6.40. The van der Waals surface area contributed by atoms with Gasteiger partial charge in [-0.25, -0.2) is 0 Å². The molecule has 0 saturated carbocycles. The molecular weight excluding hydrogens is 257 g/mol. The quantitative estimate of drug-likeness (QED) is 0.770. The molecule has 1 rings (SSSR count). The Hall–Kier alpha value is -1.30. The minimum absolute atomic E-state index is 0.115. The summed E-state index contributed by atoms with van der Waals surface area (Å²) in [6, 6.07) is 0. The molecular formula is C11H12B2F3NO2. The molecule has 0 unspecified atom stereocenters. The Morgan fingerprint density at radius 1 is 1.05 bits per heavy atom. The van der Waals surface area contributed by atoms with Crippen LogP contribution in [0.4, 0.5) is 13.2 Å². The van der Waals surface area contributed by atoms with Gasteiger partial charge < -0.3 is 15.2 Å². The molecule has 100 valence electrons. The lowest BCUT2D eigenvalue weighted by Gasteiger charge is -2.23. The fourth-order valence-corrected chi connectivity index (χ4v) is 1.91. The second kappa shape index (κ2) is 5.77. The second-order valence-electron chi connectivity index (χ2n) is 3.78. The van der Waals surface area contributed by atoms with Gasteiger partial charge in [0.2, 0.25) is 0 Å². The summed E-state index contributed by atoms with van der Waals surface area (Å²) in [5.41, 5.74) is 3.87. The number of rotatable bonds is 4. The molecule has 1 aromatic carbocycles. The lowest BCUT2D eigenvalue weighted by molar-refractivity contribution is -0.137. The third-order valence-corrected chi connectivity index (χ3v) is 2.67. The standard InChI is InChI=1S/C11H12B2F3NO2/c1-18-9-5(3-4-17)7(12)10(19-2)6(8(9)13)11(14,15)16/h3-4,17H2,1-2H3. The van der Waals surface area contributed by atoms with Gasteiger partial charge in [-0.2, -0.15) is 13.2 Å².